The van der Waals surface area contributed by atoms with Crippen LogP contribution in [-0.4, -0.2) is 23.0 Å². The second kappa shape index (κ2) is 9.49. The highest BCUT2D eigenvalue weighted by atomic mass is 35.5. The molecule has 0 bridgehead atoms. The van der Waals surface area contributed by atoms with Gasteiger partial charge in [0.1, 0.15) is 17.8 Å². The number of benzene rings is 3. The molecular formula is C25H20ClN3O3. The van der Waals surface area contributed by atoms with Crippen LogP contribution in [0.25, 0.3) is 11.3 Å². The second-order valence-electron chi connectivity index (χ2n) is 7.02. The molecule has 4 rings (SSSR count). The summed E-state index contributed by atoms with van der Waals surface area (Å²) in [5.41, 5.74) is 3.48. The van der Waals surface area contributed by atoms with E-state index in [1.165, 1.54) is 6.33 Å². The number of rotatable bonds is 6. The van der Waals surface area contributed by atoms with Crippen LogP contribution in [0, 0.1) is 6.92 Å². The van der Waals surface area contributed by atoms with E-state index < -0.39 is 0 Å². The zero-order chi connectivity index (χ0) is 22.5. The molecule has 0 aliphatic heterocycles. The number of nitrogens with one attached hydrogen (secondary N) is 1. The number of hydrogen-bond acceptors (Lipinski definition) is 5. The Morgan fingerprint density at radius 3 is 2.47 bits per heavy atom. The van der Waals surface area contributed by atoms with Gasteiger partial charge in [0.25, 0.3) is 5.91 Å². The van der Waals surface area contributed by atoms with Crippen molar-refractivity contribution in [2.45, 2.75) is 6.92 Å². The van der Waals surface area contributed by atoms with Crippen LogP contribution in [-0.2, 0) is 0 Å². The molecular weight excluding hydrogens is 426 g/mol. The number of carbonyl (C=O) groups excluding carboxylic acids is 1. The first-order valence-electron chi connectivity index (χ1n) is 9.84. The Bertz CT molecular complexity index is 1260. The fourth-order valence-electron chi connectivity index (χ4n) is 3.01. The quantitative estimate of drug-likeness (QED) is 0.385. The number of methoxy groups -OCH3 is 1. The molecule has 0 unspecified atom stereocenters. The number of carbonyl (C=O) groups is 1. The minimum Gasteiger partial charge on any atom is -0.497 e. The van der Waals surface area contributed by atoms with E-state index in [4.69, 9.17) is 21.1 Å². The van der Waals surface area contributed by atoms with Gasteiger partial charge in [-0.05, 0) is 61.0 Å². The molecule has 32 heavy (non-hydrogen) atoms. The molecule has 0 atom stereocenters. The van der Waals surface area contributed by atoms with Crippen LogP contribution in [0.5, 0.6) is 17.4 Å². The average molecular weight is 446 g/mol. The third-order valence-electron chi connectivity index (χ3n) is 4.77. The first-order valence-corrected chi connectivity index (χ1v) is 10.2. The molecule has 4 aromatic rings. The first kappa shape index (κ1) is 21.3. The highest BCUT2D eigenvalue weighted by Gasteiger charge is 2.10. The monoisotopic (exact) mass is 445 g/mol. The van der Waals surface area contributed by atoms with Crippen molar-refractivity contribution in [3.63, 3.8) is 0 Å². The Hall–Kier alpha value is -3.90. The van der Waals surface area contributed by atoms with Crippen LogP contribution < -0.4 is 14.8 Å². The van der Waals surface area contributed by atoms with Crippen molar-refractivity contribution < 1.29 is 14.3 Å². The van der Waals surface area contributed by atoms with Gasteiger partial charge in [0.2, 0.25) is 5.88 Å². The Kier molecular flexibility index (Phi) is 6.33. The smallest absolute Gasteiger partial charge is 0.255 e. The molecule has 1 heterocycles. The average Bonchev–Trinajstić information content (AvgIpc) is 2.82. The number of nitrogens with zero attached hydrogens (tertiary/aromatic N) is 2. The summed E-state index contributed by atoms with van der Waals surface area (Å²) in [5, 5.41) is 3.47. The Morgan fingerprint density at radius 1 is 0.938 bits per heavy atom. The van der Waals surface area contributed by atoms with Gasteiger partial charge < -0.3 is 14.8 Å². The Labute approximate surface area is 190 Å². The maximum Gasteiger partial charge on any atom is 0.255 e. The van der Waals surface area contributed by atoms with Crippen molar-refractivity contribution in [1.29, 1.82) is 0 Å². The first-order chi connectivity index (χ1) is 15.5. The summed E-state index contributed by atoms with van der Waals surface area (Å²) in [7, 11) is 1.61. The lowest BCUT2D eigenvalue weighted by Gasteiger charge is -2.09. The van der Waals surface area contributed by atoms with Crippen LogP contribution in [0.3, 0.4) is 0 Å². The maximum atomic E-state index is 12.7. The molecule has 1 amide bonds. The van der Waals surface area contributed by atoms with Gasteiger partial charge in [-0.15, -0.1) is 0 Å². The highest BCUT2D eigenvalue weighted by molar-refractivity contribution is 6.31. The number of aromatic nitrogens is 2. The van der Waals surface area contributed by atoms with Crippen LogP contribution in [0.15, 0.2) is 79.1 Å². The van der Waals surface area contributed by atoms with Gasteiger partial charge in [-0.1, -0.05) is 29.8 Å². The van der Waals surface area contributed by atoms with E-state index in [9.17, 15) is 4.79 Å². The van der Waals surface area contributed by atoms with E-state index in [1.807, 2.05) is 25.1 Å². The lowest BCUT2D eigenvalue weighted by Crippen LogP contribution is -2.12. The molecule has 7 heteroatoms. The van der Waals surface area contributed by atoms with Gasteiger partial charge in [0.15, 0.2) is 0 Å². The predicted molar refractivity (Wildman–Crippen MR) is 125 cm³/mol. The minimum absolute atomic E-state index is 0.240. The van der Waals surface area contributed by atoms with Crippen LogP contribution in [0.4, 0.5) is 5.69 Å². The second-order valence-corrected chi connectivity index (χ2v) is 7.43. The summed E-state index contributed by atoms with van der Waals surface area (Å²) >= 11 is 6.15. The molecule has 1 aromatic heterocycles. The van der Waals surface area contributed by atoms with Crippen molar-refractivity contribution in [2.75, 3.05) is 12.4 Å². The molecule has 0 radical (unpaired) electrons. The lowest BCUT2D eigenvalue weighted by atomic mass is 10.1. The topological polar surface area (TPSA) is 73.3 Å². The number of halogens is 1. The molecule has 160 valence electrons. The fraction of sp³-hybridized carbons (Fsp3) is 0.0800. The number of anilines is 1. The zero-order valence-corrected chi connectivity index (χ0v) is 18.3. The third-order valence-corrected chi connectivity index (χ3v) is 5.18. The molecule has 1 N–H and O–H groups in total. The zero-order valence-electron chi connectivity index (χ0n) is 17.5. The van der Waals surface area contributed by atoms with Gasteiger partial charge in [-0.25, -0.2) is 9.97 Å². The molecule has 0 saturated heterocycles. The third kappa shape index (κ3) is 5.04. The summed E-state index contributed by atoms with van der Waals surface area (Å²) in [6, 6.07) is 21.5. The van der Waals surface area contributed by atoms with Gasteiger partial charge >= 0.3 is 0 Å². The van der Waals surface area contributed by atoms with Crippen LogP contribution in [0.2, 0.25) is 5.02 Å². The Balaban J connectivity index is 1.52. The fourth-order valence-corrected chi connectivity index (χ4v) is 3.19. The van der Waals surface area contributed by atoms with E-state index in [-0.39, 0.29) is 5.91 Å². The molecule has 0 saturated carbocycles. The van der Waals surface area contributed by atoms with Gasteiger partial charge in [-0.3, -0.25) is 4.79 Å². The van der Waals surface area contributed by atoms with Crippen molar-refractivity contribution in [3.05, 3.63) is 95.3 Å². The van der Waals surface area contributed by atoms with E-state index in [1.54, 1.807) is 61.7 Å². The summed E-state index contributed by atoms with van der Waals surface area (Å²) < 4.78 is 11.0. The van der Waals surface area contributed by atoms with E-state index in [0.717, 1.165) is 16.9 Å². The van der Waals surface area contributed by atoms with Crippen molar-refractivity contribution in [1.82, 2.24) is 9.97 Å². The predicted octanol–water partition coefficient (Wildman–Crippen LogP) is 6.16. The van der Waals surface area contributed by atoms with Gasteiger partial charge in [0.05, 0.1) is 12.8 Å². The minimum atomic E-state index is -0.240. The normalized spacial score (nSPS) is 10.5. The number of amides is 1. The maximum absolute atomic E-state index is 12.7. The Morgan fingerprint density at radius 2 is 1.72 bits per heavy atom. The molecule has 0 spiro atoms. The van der Waals surface area contributed by atoms with E-state index in [0.29, 0.717) is 33.6 Å². The molecule has 6 nitrogen and oxygen atoms in total. The van der Waals surface area contributed by atoms with Gasteiger partial charge in [0, 0.05) is 27.9 Å². The van der Waals surface area contributed by atoms with Crippen molar-refractivity contribution >= 4 is 23.2 Å². The summed E-state index contributed by atoms with van der Waals surface area (Å²) in [6.45, 7) is 1.91. The number of aryl methyl sites for hydroxylation is 1. The van der Waals surface area contributed by atoms with Gasteiger partial charge in [-0.2, -0.15) is 0 Å². The van der Waals surface area contributed by atoms with Crippen molar-refractivity contribution in [2.24, 2.45) is 0 Å². The van der Waals surface area contributed by atoms with E-state index >= 15 is 0 Å². The highest BCUT2D eigenvalue weighted by Crippen LogP contribution is 2.26. The van der Waals surface area contributed by atoms with Crippen LogP contribution >= 0.6 is 11.6 Å². The molecule has 0 aliphatic rings. The lowest BCUT2D eigenvalue weighted by molar-refractivity contribution is 0.102. The van der Waals surface area contributed by atoms with E-state index in [2.05, 4.69) is 15.3 Å². The molecule has 3 aromatic carbocycles. The summed E-state index contributed by atoms with van der Waals surface area (Å²) in [6.07, 6.45) is 1.43. The largest absolute Gasteiger partial charge is 0.497 e. The summed E-state index contributed by atoms with van der Waals surface area (Å²) in [4.78, 5) is 21.2. The SMILES string of the molecule is COc1ccc(Oc2cc(-c3cccc(C(=O)Nc4ccc(C)c(Cl)c4)c3)ncn2)cc1. The standard InChI is InChI=1S/C25H20ClN3O3/c1-16-6-7-19(13-22(16)26)29-25(30)18-5-3-4-17(12-18)23-14-24(28-15-27-23)32-21-10-8-20(31-2)9-11-21/h3-15H,1-2H3,(H,29,30). The van der Waals surface area contributed by atoms with Crippen LogP contribution in [0.1, 0.15) is 15.9 Å². The molecule has 0 fully saturated rings. The number of hydrogen-bond donors (Lipinski definition) is 1. The number of ether oxygens (including phenoxy) is 2. The summed E-state index contributed by atoms with van der Waals surface area (Å²) in [5.74, 6) is 1.52. The van der Waals surface area contributed by atoms with Crippen molar-refractivity contribution in [3.8, 4) is 28.6 Å². The molecule has 0 aliphatic carbocycles.